The number of nitro benzene ring substituents is 2. The quantitative estimate of drug-likeness (QED) is 0.274. The molecule has 34 heavy (non-hydrogen) atoms. The minimum absolute atomic E-state index is 0.00351. The molecule has 0 bridgehead atoms. The van der Waals surface area contributed by atoms with E-state index in [-0.39, 0.29) is 29.4 Å². The van der Waals surface area contributed by atoms with E-state index in [1.54, 1.807) is 35.2 Å². The molecule has 13 nitrogen and oxygen atoms in total. The minimum atomic E-state index is -0.529. The molecule has 5 rings (SSSR count). The Morgan fingerprint density at radius 2 is 1.38 bits per heavy atom. The number of nitro groups is 2. The lowest BCUT2D eigenvalue weighted by Crippen LogP contribution is -2.17. The fraction of sp³-hybridized carbons (Fsp3) is 0.0952. The first kappa shape index (κ1) is 20.8. The van der Waals surface area contributed by atoms with Crippen molar-refractivity contribution >= 4 is 22.5 Å². The van der Waals surface area contributed by atoms with Gasteiger partial charge in [0.15, 0.2) is 11.5 Å². The van der Waals surface area contributed by atoms with E-state index in [0.29, 0.717) is 23.3 Å². The van der Waals surface area contributed by atoms with Gasteiger partial charge < -0.3 is 4.57 Å². The molecule has 0 aliphatic carbocycles. The molecule has 3 heterocycles. The van der Waals surface area contributed by atoms with Crippen LogP contribution in [0.15, 0.2) is 66.0 Å². The molecule has 1 aromatic heterocycles. The van der Waals surface area contributed by atoms with Crippen molar-refractivity contribution in [3.05, 3.63) is 103 Å². The second-order valence-electron chi connectivity index (χ2n) is 7.42. The Morgan fingerprint density at radius 1 is 0.794 bits per heavy atom. The van der Waals surface area contributed by atoms with Crippen LogP contribution < -0.4 is 5.69 Å². The van der Waals surface area contributed by atoms with Crippen LogP contribution in [0.4, 0.5) is 11.4 Å². The molecule has 2 aromatic carbocycles. The Morgan fingerprint density at radius 3 is 1.97 bits per heavy atom. The number of fused-ring (bicyclic) bond motifs is 3. The number of hydrogen-bond acceptors (Lipinski definition) is 9. The monoisotopic (exact) mass is 458 g/mol. The van der Waals surface area contributed by atoms with Gasteiger partial charge in [-0.05, 0) is 11.1 Å². The molecule has 0 saturated heterocycles. The van der Waals surface area contributed by atoms with Crippen molar-refractivity contribution in [1.82, 2.24) is 29.1 Å². The maximum atomic E-state index is 12.6. The lowest BCUT2D eigenvalue weighted by atomic mass is 10.2. The van der Waals surface area contributed by atoms with Crippen LogP contribution in [0.25, 0.3) is 22.7 Å². The predicted molar refractivity (Wildman–Crippen MR) is 118 cm³/mol. The van der Waals surface area contributed by atoms with Crippen molar-refractivity contribution in [3.63, 3.8) is 0 Å². The van der Waals surface area contributed by atoms with Gasteiger partial charge >= 0.3 is 5.69 Å². The molecule has 0 unspecified atom stereocenters. The Balaban J connectivity index is 1.49. The van der Waals surface area contributed by atoms with Gasteiger partial charge in [0, 0.05) is 24.3 Å². The van der Waals surface area contributed by atoms with E-state index in [2.05, 4.69) is 19.9 Å². The van der Waals surface area contributed by atoms with E-state index in [4.69, 9.17) is 0 Å². The van der Waals surface area contributed by atoms with Crippen molar-refractivity contribution in [1.29, 1.82) is 0 Å². The van der Waals surface area contributed by atoms with Crippen LogP contribution in [0, 0.1) is 20.2 Å². The van der Waals surface area contributed by atoms with Crippen LogP contribution in [0.1, 0.15) is 11.1 Å². The standard InChI is InChI=1S/C21H14N8O5/c30-21-25-18-17-19(26(12-24-17)9-13-1-5-15(6-2-13)28(31)32)22-11-23-20(18)27(21)10-14-3-7-16(8-4-14)29(33)34/h1-8,11-12H,9-10H2. The van der Waals surface area contributed by atoms with Crippen LogP contribution in [0.3, 0.4) is 0 Å². The summed E-state index contributed by atoms with van der Waals surface area (Å²) in [7, 11) is 0. The molecule has 3 aromatic rings. The highest BCUT2D eigenvalue weighted by molar-refractivity contribution is 5.85. The second-order valence-corrected chi connectivity index (χ2v) is 7.42. The smallest absolute Gasteiger partial charge is 0.311 e. The van der Waals surface area contributed by atoms with Gasteiger partial charge in [-0.3, -0.25) is 24.8 Å². The predicted octanol–water partition coefficient (Wildman–Crippen LogP) is 2.40. The van der Waals surface area contributed by atoms with E-state index in [1.165, 1.54) is 35.2 Å². The molecule has 0 atom stereocenters. The van der Waals surface area contributed by atoms with Gasteiger partial charge in [-0.2, -0.15) is 4.98 Å². The van der Waals surface area contributed by atoms with Crippen molar-refractivity contribution in [2.75, 3.05) is 0 Å². The van der Waals surface area contributed by atoms with Crippen LogP contribution in [-0.2, 0) is 13.1 Å². The average Bonchev–Trinajstić information content (AvgIpc) is 3.29. The maximum Gasteiger partial charge on any atom is 0.350 e. The third-order valence-electron chi connectivity index (χ3n) is 5.29. The maximum absolute atomic E-state index is 12.6. The van der Waals surface area contributed by atoms with Crippen molar-refractivity contribution < 1.29 is 9.85 Å². The summed E-state index contributed by atoms with van der Waals surface area (Å²) in [5, 5.41) is 21.7. The Labute approximate surface area is 189 Å². The summed E-state index contributed by atoms with van der Waals surface area (Å²) in [6.45, 7) is 0.468. The molecule has 0 spiro atoms. The van der Waals surface area contributed by atoms with Crippen LogP contribution in [0.5, 0.6) is 0 Å². The lowest BCUT2D eigenvalue weighted by Gasteiger charge is -2.03. The number of non-ortho nitro benzene ring substituents is 2. The number of benzene rings is 2. The van der Waals surface area contributed by atoms with Gasteiger partial charge in [0.2, 0.25) is 0 Å². The van der Waals surface area contributed by atoms with Gasteiger partial charge in [0.1, 0.15) is 17.5 Å². The van der Waals surface area contributed by atoms with Crippen LogP contribution in [-0.4, -0.2) is 38.9 Å². The number of aromatic nitrogens is 6. The van der Waals surface area contributed by atoms with Gasteiger partial charge in [-0.15, -0.1) is 0 Å². The van der Waals surface area contributed by atoms with Crippen molar-refractivity contribution in [2.24, 2.45) is 0 Å². The zero-order chi connectivity index (χ0) is 23.8. The third-order valence-corrected chi connectivity index (χ3v) is 5.29. The number of hydrogen-bond donors (Lipinski definition) is 0. The van der Waals surface area contributed by atoms with Gasteiger partial charge in [0.25, 0.3) is 11.4 Å². The van der Waals surface area contributed by atoms with Crippen LogP contribution in [0.2, 0.25) is 0 Å². The third kappa shape index (κ3) is 3.70. The summed E-state index contributed by atoms with van der Waals surface area (Å²) in [6, 6.07) is 12.0. The lowest BCUT2D eigenvalue weighted by molar-refractivity contribution is -0.385. The zero-order valence-electron chi connectivity index (χ0n) is 17.3. The number of imidazole rings is 2. The SMILES string of the molecule is O=c1nc2c3ncn(Cc4ccc([N+](=O)[O-])cc4)c3ncnc-2n1Cc1ccc([N+](=O)[O-])cc1. The molecule has 0 fully saturated rings. The molecular weight excluding hydrogens is 444 g/mol. The van der Waals surface area contributed by atoms with E-state index >= 15 is 0 Å². The van der Waals surface area contributed by atoms with Crippen molar-refractivity contribution in [3.8, 4) is 11.5 Å². The molecule has 13 heteroatoms. The topological polar surface area (TPSA) is 165 Å². The molecular formula is C21H14N8O5. The molecule has 2 aliphatic rings. The second kappa shape index (κ2) is 8.12. The summed E-state index contributed by atoms with van der Waals surface area (Å²) < 4.78 is 3.09. The first-order valence-corrected chi connectivity index (χ1v) is 9.94. The highest BCUT2D eigenvalue weighted by atomic mass is 16.6. The van der Waals surface area contributed by atoms with Gasteiger partial charge in [-0.1, -0.05) is 24.3 Å². The summed E-state index contributed by atoms with van der Waals surface area (Å²) in [5.41, 5.74) is 2.00. The largest absolute Gasteiger partial charge is 0.350 e. The highest BCUT2D eigenvalue weighted by Crippen LogP contribution is 2.24. The number of nitrogens with zero attached hydrogens (tertiary/aromatic N) is 8. The minimum Gasteiger partial charge on any atom is -0.311 e. The van der Waals surface area contributed by atoms with Gasteiger partial charge in [0.05, 0.1) is 29.3 Å². The van der Waals surface area contributed by atoms with E-state index < -0.39 is 15.5 Å². The Kier molecular flexibility index (Phi) is 4.97. The first-order chi connectivity index (χ1) is 16.4. The Hall–Kier alpha value is -5.07. The van der Waals surface area contributed by atoms with E-state index in [0.717, 1.165) is 5.56 Å². The van der Waals surface area contributed by atoms with Crippen LogP contribution >= 0.6 is 0 Å². The molecule has 0 saturated carbocycles. The zero-order valence-corrected chi connectivity index (χ0v) is 17.3. The molecule has 2 aliphatic heterocycles. The first-order valence-electron chi connectivity index (χ1n) is 9.94. The number of rotatable bonds is 6. The summed E-state index contributed by atoms with van der Waals surface area (Å²) in [6.07, 6.45) is 2.87. The molecule has 0 radical (unpaired) electrons. The summed E-state index contributed by atoms with van der Waals surface area (Å²) in [5.74, 6) is 0.284. The summed E-state index contributed by atoms with van der Waals surface area (Å²) >= 11 is 0. The molecule has 0 N–H and O–H groups in total. The fourth-order valence-electron chi connectivity index (χ4n) is 3.61. The highest BCUT2D eigenvalue weighted by Gasteiger charge is 2.21. The van der Waals surface area contributed by atoms with E-state index in [1.807, 2.05) is 0 Å². The fourth-order valence-corrected chi connectivity index (χ4v) is 3.61. The van der Waals surface area contributed by atoms with Crippen molar-refractivity contribution in [2.45, 2.75) is 13.1 Å². The normalized spacial score (nSPS) is 11.2. The molecule has 0 amide bonds. The average molecular weight is 458 g/mol. The Bertz CT molecular complexity index is 1570. The summed E-state index contributed by atoms with van der Waals surface area (Å²) in [4.78, 5) is 50.6. The van der Waals surface area contributed by atoms with Gasteiger partial charge in [-0.25, -0.2) is 19.7 Å². The molecule has 168 valence electrons. The van der Waals surface area contributed by atoms with E-state index in [9.17, 15) is 25.0 Å².